The smallest absolute Gasteiger partial charge is 0.195 e. The van der Waals surface area contributed by atoms with Gasteiger partial charge in [0.2, 0.25) is 0 Å². The summed E-state index contributed by atoms with van der Waals surface area (Å²) >= 11 is 6.43. The first-order chi connectivity index (χ1) is 14.1. The van der Waals surface area contributed by atoms with Crippen LogP contribution < -0.4 is 5.32 Å². The Labute approximate surface area is 174 Å². The highest BCUT2D eigenvalue weighted by Crippen LogP contribution is 2.51. The molecule has 0 radical (unpaired) electrons. The first-order valence-corrected chi connectivity index (χ1v) is 10.1. The summed E-state index contributed by atoms with van der Waals surface area (Å²) < 4.78 is 13.5. The maximum absolute atomic E-state index is 13.5. The van der Waals surface area contributed by atoms with Gasteiger partial charge in [0.15, 0.2) is 5.78 Å². The normalized spacial score (nSPS) is 21.9. The van der Waals surface area contributed by atoms with Gasteiger partial charge < -0.3 is 5.32 Å². The third-order valence-corrected chi connectivity index (χ3v) is 6.16. The van der Waals surface area contributed by atoms with Crippen molar-refractivity contribution in [2.24, 2.45) is 5.92 Å². The zero-order chi connectivity index (χ0) is 20.0. The third-order valence-electron chi connectivity index (χ3n) is 5.94. The number of benzene rings is 3. The molecule has 144 valence electrons. The molecule has 0 amide bonds. The summed E-state index contributed by atoms with van der Waals surface area (Å²) in [5.74, 6) is 0.154. The van der Waals surface area contributed by atoms with Crippen molar-refractivity contribution in [2.45, 2.75) is 18.4 Å². The van der Waals surface area contributed by atoms with E-state index in [1.54, 1.807) is 6.07 Å². The highest BCUT2D eigenvalue weighted by Gasteiger charge is 2.39. The highest BCUT2D eigenvalue weighted by molar-refractivity contribution is 6.31. The molecule has 3 atom stereocenters. The molecule has 2 nitrogen and oxygen atoms in total. The van der Waals surface area contributed by atoms with E-state index in [4.69, 9.17) is 11.6 Å². The minimum absolute atomic E-state index is 0.00778. The molecule has 1 aliphatic carbocycles. The Bertz CT molecular complexity index is 1110. The van der Waals surface area contributed by atoms with Crippen molar-refractivity contribution in [2.75, 3.05) is 5.32 Å². The second-order valence-electron chi connectivity index (χ2n) is 7.64. The molecule has 4 heteroatoms. The number of hydrogen-bond donors (Lipinski definition) is 1. The van der Waals surface area contributed by atoms with E-state index in [1.807, 2.05) is 48.5 Å². The molecule has 1 heterocycles. The molecule has 1 aliphatic heterocycles. The average Bonchev–Trinajstić information content (AvgIpc) is 3.24. The molecule has 2 aliphatic rings. The van der Waals surface area contributed by atoms with Gasteiger partial charge in [-0.1, -0.05) is 66.2 Å². The molecular formula is C25H19ClFNO. The maximum atomic E-state index is 13.5. The van der Waals surface area contributed by atoms with Crippen molar-refractivity contribution in [1.29, 1.82) is 0 Å². The first-order valence-electron chi connectivity index (χ1n) is 9.73. The number of rotatable bonds is 3. The topological polar surface area (TPSA) is 29.1 Å². The van der Waals surface area contributed by atoms with Crippen LogP contribution in [0.1, 0.15) is 45.4 Å². The molecule has 0 saturated heterocycles. The van der Waals surface area contributed by atoms with E-state index in [1.165, 1.54) is 12.1 Å². The number of allylic oxidation sites excluding steroid dienone is 2. The number of ketones is 1. The molecule has 0 unspecified atom stereocenters. The molecule has 3 aromatic carbocycles. The van der Waals surface area contributed by atoms with Gasteiger partial charge in [-0.3, -0.25) is 4.79 Å². The number of carbonyl (C=O) groups excluding carboxylic acids is 1. The van der Waals surface area contributed by atoms with E-state index < -0.39 is 0 Å². The van der Waals surface area contributed by atoms with Crippen molar-refractivity contribution in [1.82, 2.24) is 0 Å². The summed E-state index contributed by atoms with van der Waals surface area (Å²) in [6.07, 6.45) is 5.31. The predicted octanol–water partition coefficient (Wildman–Crippen LogP) is 6.54. The Morgan fingerprint density at radius 1 is 1.03 bits per heavy atom. The molecule has 1 N–H and O–H groups in total. The van der Waals surface area contributed by atoms with E-state index >= 15 is 0 Å². The van der Waals surface area contributed by atoms with E-state index in [0.717, 1.165) is 23.2 Å². The van der Waals surface area contributed by atoms with Crippen molar-refractivity contribution in [3.05, 3.63) is 112 Å². The molecule has 0 spiro atoms. The fourth-order valence-electron chi connectivity index (χ4n) is 4.59. The van der Waals surface area contributed by atoms with Crippen molar-refractivity contribution >= 4 is 23.1 Å². The monoisotopic (exact) mass is 403 g/mol. The SMILES string of the molecule is O=C(c1ccccc1)c1cc(Cl)cc2c1N[C@@H](c1ccc(F)cc1)[C@@H]1CC=C[C@H]21. The molecular weight excluding hydrogens is 385 g/mol. The van der Waals surface area contributed by atoms with Crippen LogP contribution in [0.5, 0.6) is 0 Å². The number of nitrogens with one attached hydrogen (secondary N) is 1. The minimum Gasteiger partial charge on any atom is -0.377 e. The highest BCUT2D eigenvalue weighted by atomic mass is 35.5. The summed E-state index contributed by atoms with van der Waals surface area (Å²) in [6, 6.07) is 19.5. The Morgan fingerprint density at radius 3 is 2.55 bits per heavy atom. The van der Waals surface area contributed by atoms with Gasteiger partial charge in [0, 0.05) is 27.8 Å². The zero-order valence-electron chi connectivity index (χ0n) is 15.6. The van der Waals surface area contributed by atoms with Gasteiger partial charge in [-0.15, -0.1) is 0 Å². The quantitative estimate of drug-likeness (QED) is 0.397. The standard InChI is InChI=1S/C25H19ClFNO/c26-17-13-21-19-7-4-8-20(19)23(15-9-11-18(27)12-10-15)28-24(21)22(14-17)25(29)16-5-2-1-3-6-16/h1-7,9-14,19-20,23,28H,8H2/t19-,20+,23-/m0/s1. The lowest BCUT2D eigenvalue weighted by atomic mass is 9.76. The van der Waals surface area contributed by atoms with Crippen LogP contribution in [0.2, 0.25) is 5.02 Å². The lowest BCUT2D eigenvalue weighted by Crippen LogP contribution is -2.30. The van der Waals surface area contributed by atoms with Gasteiger partial charge in [0.1, 0.15) is 5.82 Å². The number of anilines is 1. The molecule has 3 aromatic rings. The second-order valence-corrected chi connectivity index (χ2v) is 8.08. The van der Waals surface area contributed by atoms with E-state index in [0.29, 0.717) is 22.1 Å². The van der Waals surface area contributed by atoms with E-state index in [2.05, 4.69) is 17.5 Å². The summed E-state index contributed by atoms with van der Waals surface area (Å²) in [5, 5.41) is 4.17. The van der Waals surface area contributed by atoms with Gasteiger partial charge in [-0.2, -0.15) is 0 Å². The van der Waals surface area contributed by atoms with Crippen LogP contribution in [0.3, 0.4) is 0 Å². The van der Waals surface area contributed by atoms with Crippen molar-refractivity contribution in [3.8, 4) is 0 Å². The molecule has 0 fully saturated rings. The van der Waals surface area contributed by atoms with Crippen LogP contribution in [0.4, 0.5) is 10.1 Å². The lowest BCUT2D eigenvalue weighted by Gasteiger charge is -2.38. The average molecular weight is 404 g/mol. The predicted molar refractivity (Wildman–Crippen MR) is 114 cm³/mol. The maximum Gasteiger partial charge on any atom is 0.195 e. The second kappa shape index (κ2) is 7.16. The van der Waals surface area contributed by atoms with Gasteiger partial charge in [0.25, 0.3) is 0 Å². The summed E-state index contributed by atoms with van der Waals surface area (Å²) in [4.78, 5) is 13.3. The van der Waals surface area contributed by atoms with Crippen LogP contribution in [-0.4, -0.2) is 5.78 Å². The van der Waals surface area contributed by atoms with E-state index in [-0.39, 0.29) is 23.6 Å². The van der Waals surface area contributed by atoms with Crippen LogP contribution in [-0.2, 0) is 0 Å². The van der Waals surface area contributed by atoms with Gasteiger partial charge in [-0.05, 0) is 47.7 Å². The first kappa shape index (κ1) is 18.1. The third kappa shape index (κ3) is 3.16. The Morgan fingerprint density at radius 2 is 1.79 bits per heavy atom. The largest absolute Gasteiger partial charge is 0.377 e. The molecule has 0 saturated carbocycles. The Kier molecular flexibility index (Phi) is 4.48. The zero-order valence-corrected chi connectivity index (χ0v) is 16.4. The summed E-state index contributed by atoms with van der Waals surface area (Å²) in [6.45, 7) is 0. The summed E-state index contributed by atoms with van der Waals surface area (Å²) in [5.41, 5.74) is 4.09. The van der Waals surface area contributed by atoms with Crippen molar-refractivity contribution in [3.63, 3.8) is 0 Å². The van der Waals surface area contributed by atoms with E-state index in [9.17, 15) is 9.18 Å². The number of fused-ring (bicyclic) bond motifs is 3. The van der Waals surface area contributed by atoms with Crippen LogP contribution in [0.15, 0.2) is 78.9 Å². The number of hydrogen-bond acceptors (Lipinski definition) is 2. The van der Waals surface area contributed by atoms with Crippen LogP contribution >= 0.6 is 11.6 Å². The molecule has 0 bridgehead atoms. The fourth-order valence-corrected chi connectivity index (χ4v) is 4.82. The molecule has 29 heavy (non-hydrogen) atoms. The fraction of sp³-hybridized carbons (Fsp3) is 0.160. The Balaban J connectivity index is 1.64. The summed E-state index contributed by atoms with van der Waals surface area (Å²) in [7, 11) is 0. The van der Waals surface area contributed by atoms with Gasteiger partial charge >= 0.3 is 0 Å². The van der Waals surface area contributed by atoms with Gasteiger partial charge in [-0.25, -0.2) is 4.39 Å². The number of halogens is 2. The number of carbonyl (C=O) groups is 1. The minimum atomic E-state index is -0.252. The molecule has 0 aromatic heterocycles. The molecule has 5 rings (SSSR count). The van der Waals surface area contributed by atoms with Crippen LogP contribution in [0, 0.1) is 11.7 Å². The van der Waals surface area contributed by atoms with Crippen LogP contribution in [0.25, 0.3) is 0 Å². The Hall–Kier alpha value is -2.91. The van der Waals surface area contributed by atoms with Crippen molar-refractivity contribution < 1.29 is 9.18 Å². The van der Waals surface area contributed by atoms with Gasteiger partial charge in [0.05, 0.1) is 6.04 Å². The lowest BCUT2D eigenvalue weighted by molar-refractivity contribution is 0.103.